The van der Waals surface area contributed by atoms with Crippen molar-refractivity contribution in [3.05, 3.63) is 172 Å². The molecular formula is C50H37N9O4. The molecule has 306 valence electrons. The molecule has 3 aliphatic heterocycles. The van der Waals surface area contributed by atoms with E-state index >= 15 is 0 Å². The molecule has 0 amide bonds. The maximum atomic E-state index is 11.0. The quantitative estimate of drug-likeness (QED) is 0.0543. The van der Waals surface area contributed by atoms with Crippen LogP contribution in [0.5, 0.6) is 23.0 Å². The lowest BCUT2D eigenvalue weighted by molar-refractivity contribution is 0.395. The Labute approximate surface area is 359 Å². The van der Waals surface area contributed by atoms with Gasteiger partial charge in [0.1, 0.15) is 23.0 Å². The summed E-state index contributed by atoms with van der Waals surface area (Å²) in [6.45, 7) is 0.587. The normalized spacial score (nSPS) is 15.1. The number of benzene rings is 4. The fourth-order valence-electron chi connectivity index (χ4n) is 9.47. The van der Waals surface area contributed by atoms with Crippen LogP contribution >= 0.6 is 0 Å². The van der Waals surface area contributed by atoms with E-state index < -0.39 is 0 Å². The van der Waals surface area contributed by atoms with Crippen molar-refractivity contribution in [2.45, 2.75) is 31.3 Å². The third kappa shape index (κ3) is 6.60. The van der Waals surface area contributed by atoms with Gasteiger partial charge < -0.3 is 30.4 Å². The minimum Gasteiger partial charge on any atom is -0.508 e. The van der Waals surface area contributed by atoms with E-state index in [9.17, 15) is 20.4 Å². The molecule has 2 unspecified atom stereocenters. The molecule has 2 atom stereocenters. The van der Waals surface area contributed by atoms with Gasteiger partial charge in [0.15, 0.2) is 0 Å². The van der Waals surface area contributed by atoms with Gasteiger partial charge in [0.25, 0.3) is 0 Å². The van der Waals surface area contributed by atoms with Gasteiger partial charge in [-0.3, -0.25) is 9.67 Å². The molecule has 0 saturated heterocycles. The zero-order chi connectivity index (χ0) is 42.8. The summed E-state index contributed by atoms with van der Waals surface area (Å²) in [6, 6.07) is 38.5. The largest absolute Gasteiger partial charge is 0.508 e. The lowest BCUT2D eigenvalue weighted by Gasteiger charge is -2.28. The lowest BCUT2D eigenvalue weighted by atomic mass is 9.80. The molecule has 63 heavy (non-hydrogen) atoms. The molecule has 0 fully saturated rings. The predicted octanol–water partition coefficient (Wildman–Crippen LogP) is 11.1. The second-order valence-electron chi connectivity index (χ2n) is 16.0. The van der Waals surface area contributed by atoms with E-state index in [0.29, 0.717) is 30.0 Å². The number of fused-ring (bicyclic) bond motifs is 12. The number of hydrogen-bond acceptors (Lipinski definition) is 8. The Bertz CT molecular complexity index is 3220. The first-order valence-electron chi connectivity index (χ1n) is 20.5. The van der Waals surface area contributed by atoms with Crippen molar-refractivity contribution >= 4 is 34.2 Å². The van der Waals surface area contributed by atoms with Gasteiger partial charge in [0, 0.05) is 66.8 Å². The number of hydrogen-bond donors (Lipinski definition) is 6. The molecule has 0 saturated carbocycles. The summed E-state index contributed by atoms with van der Waals surface area (Å²) in [4.78, 5) is 21.4. The number of nitrogens with one attached hydrogen (secondary N) is 2. The van der Waals surface area contributed by atoms with E-state index in [1.54, 1.807) is 60.7 Å². The Kier molecular flexibility index (Phi) is 8.84. The number of phenolic OH excluding ortho intramolecular Hbond substituents is 4. The highest BCUT2D eigenvalue weighted by atomic mass is 16.3. The monoisotopic (exact) mass is 827 g/mol. The number of phenols is 4. The van der Waals surface area contributed by atoms with Gasteiger partial charge in [0.2, 0.25) is 0 Å². The van der Waals surface area contributed by atoms with Gasteiger partial charge in [-0.15, -0.1) is 0 Å². The molecule has 13 nitrogen and oxygen atoms in total. The van der Waals surface area contributed by atoms with Crippen LogP contribution in [0.3, 0.4) is 0 Å². The number of H-pyrrole nitrogens is 2. The molecule has 6 N–H and O–H groups in total. The molecule has 4 aromatic carbocycles. The van der Waals surface area contributed by atoms with Crippen molar-refractivity contribution in [3.63, 3.8) is 0 Å². The molecule has 0 spiro atoms. The van der Waals surface area contributed by atoms with Crippen molar-refractivity contribution in [2.24, 2.45) is 5.11 Å². The highest BCUT2D eigenvalue weighted by Crippen LogP contribution is 2.50. The second-order valence-corrected chi connectivity index (χ2v) is 16.0. The molecule has 13 heteroatoms. The highest BCUT2D eigenvalue weighted by Gasteiger charge is 2.41. The molecule has 4 aromatic heterocycles. The first kappa shape index (κ1) is 37.5. The number of azide groups is 1. The number of rotatable bonds is 6. The highest BCUT2D eigenvalue weighted by molar-refractivity contribution is 5.97. The molecule has 8 bridgehead atoms. The Balaban J connectivity index is 1.33. The minimum atomic E-state index is -0.218. The van der Waals surface area contributed by atoms with Crippen LogP contribution in [0.2, 0.25) is 0 Å². The summed E-state index contributed by atoms with van der Waals surface area (Å²) in [7, 11) is 0. The van der Waals surface area contributed by atoms with Crippen molar-refractivity contribution < 1.29 is 20.4 Å². The van der Waals surface area contributed by atoms with E-state index in [4.69, 9.17) is 20.6 Å². The van der Waals surface area contributed by atoms with Crippen LogP contribution in [0, 0.1) is 0 Å². The van der Waals surface area contributed by atoms with E-state index in [-0.39, 0.29) is 41.4 Å². The Morgan fingerprint density at radius 1 is 0.571 bits per heavy atom. The summed E-state index contributed by atoms with van der Waals surface area (Å²) in [5.74, 6) is 0.0211. The van der Waals surface area contributed by atoms with Crippen molar-refractivity contribution in [1.82, 2.24) is 29.7 Å². The standard InChI is InChI=1S/C50H37N9O4/c51-58-52-25-31-23-32-24-37-38(26-59(32)57-31)50-48(30-8-4-12-36(63)22-30)44-18-16-42(55-44)46(28-6-2-10-34(61)20-28)40-14-13-39(53-40)45(27-5-1-9-33(60)19-27)41-15-17-43(54-41)47(49(37)56-50)29-7-3-11-35(62)21-29/h1-23,37-38,54-55,60-63H,24-26H2. The minimum absolute atomic E-state index is 0.101. The molecule has 7 heterocycles. The van der Waals surface area contributed by atoms with E-state index in [1.807, 2.05) is 83.6 Å². The first-order chi connectivity index (χ1) is 30.8. The van der Waals surface area contributed by atoms with Gasteiger partial charge in [-0.05, 0) is 125 Å². The number of aromatic hydroxyl groups is 4. The molecule has 11 rings (SSSR count). The van der Waals surface area contributed by atoms with Gasteiger partial charge in [-0.2, -0.15) is 5.10 Å². The second kappa shape index (κ2) is 14.9. The summed E-state index contributed by atoms with van der Waals surface area (Å²) in [5, 5.41) is 52.2. The average Bonchev–Trinajstić information content (AvgIpc) is 4.13. The Hall–Kier alpha value is -8.54. The third-order valence-corrected chi connectivity index (χ3v) is 12.1. The van der Waals surface area contributed by atoms with Crippen LogP contribution in [0.1, 0.15) is 46.0 Å². The van der Waals surface area contributed by atoms with Crippen molar-refractivity contribution in [3.8, 4) is 67.5 Å². The SMILES string of the molecule is [N-]=[N+]=NCc1cc2n(n1)CC1c3nc(c(-c4cccc(O)c4)c4ccc([nH]4)c(-c4cccc(O)c4)c4nc(c(-c5cccc(O)c5)c5ccc([nH]5)c3-c3cccc(O)c3)C=C4)C1C2. The van der Waals surface area contributed by atoms with Crippen molar-refractivity contribution in [1.29, 1.82) is 0 Å². The van der Waals surface area contributed by atoms with Gasteiger partial charge in [-0.1, -0.05) is 53.6 Å². The Morgan fingerprint density at radius 2 is 1.02 bits per heavy atom. The van der Waals surface area contributed by atoms with Crippen molar-refractivity contribution in [2.75, 3.05) is 0 Å². The topological polar surface area (TPSA) is 205 Å². The number of aromatic amines is 2. The van der Waals surface area contributed by atoms with Crippen LogP contribution < -0.4 is 0 Å². The van der Waals surface area contributed by atoms with E-state index in [2.05, 4.69) is 20.0 Å². The number of nitrogens with zero attached hydrogens (tertiary/aromatic N) is 7. The molecule has 0 radical (unpaired) electrons. The van der Waals surface area contributed by atoms with E-state index in [0.717, 1.165) is 83.7 Å². The van der Waals surface area contributed by atoms with Crippen LogP contribution in [0.25, 0.3) is 89.2 Å². The first-order valence-corrected chi connectivity index (χ1v) is 20.5. The summed E-state index contributed by atoms with van der Waals surface area (Å²) < 4.78 is 1.98. The maximum Gasteiger partial charge on any atom is 0.116 e. The van der Waals surface area contributed by atoms with Gasteiger partial charge in [0.05, 0.1) is 41.6 Å². The summed E-state index contributed by atoms with van der Waals surface area (Å²) in [5.41, 5.74) is 22.7. The fraction of sp³-hybridized carbons (Fsp3) is 0.100. The van der Waals surface area contributed by atoms with Crippen LogP contribution in [-0.2, 0) is 19.5 Å². The van der Waals surface area contributed by atoms with Crippen LogP contribution in [0.15, 0.2) is 133 Å². The molecular weight excluding hydrogens is 791 g/mol. The average molecular weight is 828 g/mol. The fourth-order valence-corrected chi connectivity index (χ4v) is 9.47. The maximum absolute atomic E-state index is 11.0. The lowest BCUT2D eigenvalue weighted by Crippen LogP contribution is -2.24. The molecule has 8 aromatic rings. The van der Waals surface area contributed by atoms with Crippen LogP contribution in [0.4, 0.5) is 0 Å². The van der Waals surface area contributed by atoms with Gasteiger partial charge in [-0.25, -0.2) is 4.98 Å². The van der Waals surface area contributed by atoms with Crippen LogP contribution in [-0.4, -0.2) is 50.1 Å². The van der Waals surface area contributed by atoms with E-state index in [1.165, 1.54) is 0 Å². The Morgan fingerprint density at radius 3 is 1.48 bits per heavy atom. The third-order valence-electron chi connectivity index (χ3n) is 12.1. The summed E-state index contributed by atoms with van der Waals surface area (Å²) >= 11 is 0. The summed E-state index contributed by atoms with van der Waals surface area (Å²) in [6.07, 6.45) is 4.47. The smallest absolute Gasteiger partial charge is 0.116 e. The van der Waals surface area contributed by atoms with Gasteiger partial charge >= 0.3 is 0 Å². The molecule has 0 aliphatic carbocycles. The predicted molar refractivity (Wildman–Crippen MR) is 243 cm³/mol. The molecule has 3 aliphatic rings. The zero-order valence-corrected chi connectivity index (χ0v) is 33.5. The zero-order valence-electron chi connectivity index (χ0n) is 33.5. The number of aromatic nitrogens is 6.